The topological polar surface area (TPSA) is 44.4 Å². The fourth-order valence-electron chi connectivity index (χ4n) is 4.10. The average molecular weight is 349 g/mol. The van der Waals surface area contributed by atoms with Crippen molar-refractivity contribution in [3.05, 3.63) is 71.8 Å². The van der Waals surface area contributed by atoms with E-state index in [0.717, 1.165) is 39.0 Å². The molecular formula is C22H27N3O. The molecule has 2 aromatic carbocycles. The first-order valence-electron chi connectivity index (χ1n) is 9.66. The number of piperidine rings is 1. The van der Waals surface area contributed by atoms with Crippen molar-refractivity contribution in [3.8, 4) is 0 Å². The molecule has 4 nitrogen and oxygen atoms in total. The van der Waals surface area contributed by atoms with E-state index in [4.69, 9.17) is 0 Å². The minimum atomic E-state index is 0.185. The highest BCUT2D eigenvalue weighted by Gasteiger charge is 2.35. The van der Waals surface area contributed by atoms with Crippen molar-refractivity contribution in [1.29, 1.82) is 0 Å². The van der Waals surface area contributed by atoms with Gasteiger partial charge in [-0.05, 0) is 37.1 Å². The van der Waals surface area contributed by atoms with E-state index < -0.39 is 0 Å². The molecule has 0 radical (unpaired) electrons. The van der Waals surface area contributed by atoms with Crippen molar-refractivity contribution in [1.82, 2.24) is 15.5 Å². The Hall–Kier alpha value is -2.17. The van der Waals surface area contributed by atoms with E-state index in [1.165, 1.54) is 11.1 Å². The second-order valence-electron chi connectivity index (χ2n) is 7.41. The lowest BCUT2D eigenvalue weighted by atomic mass is 9.92. The molecule has 2 aromatic rings. The van der Waals surface area contributed by atoms with Gasteiger partial charge in [-0.15, -0.1) is 0 Å². The van der Waals surface area contributed by atoms with E-state index in [-0.39, 0.29) is 23.9 Å². The number of carbonyl (C=O) groups excluding carboxylic acids is 1. The molecule has 4 rings (SSSR count). The van der Waals surface area contributed by atoms with Crippen LogP contribution in [-0.2, 0) is 4.79 Å². The first-order chi connectivity index (χ1) is 12.8. The van der Waals surface area contributed by atoms with E-state index in [0.29, 0.717) is 0 Å². The Labute approximate surface area is 155 Å². The number of nitrogens with zero attached hydrogens (tertiary/aromatic N) is 1. The summed E-state index contributed by atoms with van der Waals surface area (Å²) in [5.41, 5.74) is 2.61. The maximum absolute atomic E-state index is 12.5. The van der Waals surface area contributed by atoms with Crippen LogP contribution in [0.1, 0.15) is 30.0 Å². The van der Waals surface area contributed by atoms with E-state index in [2.05, 4.69) is 76.2 Å². The van der Waals surface area contributed by atoms with Gasteiger partial charge in [0.15, 0.2) is 0 Å². The summed E-state index contributed by atoms with van der Waals surface area (Å²) in [5.74, 6) is 0.427. The van der Waals surface area contributed by atoms with Gasteiger partial charge in [-0.25, -0.2) is 0 Å². The predicted molar refractivity (Wildman–Crippen MR) is 104 cm³/mol. The lowest BCUT2D eigenvalue weighted by Gasteiger charge is -2.45. The van der Waals surface area contributed by atoms with Crippen molar-refractivity contribution in [2.45, 2.75) is 24.9 Å². The number of likely N-dealkylation sites (tertiary alicyclic amines) is 1. The normalized spacial score (nSPS) is 19.3. The number of hydrogen-bond donors (Lipinski definition) is 2. The van der Waals surface area contributed by atoms with Crippen molar-refractivity contribution in [3.63, 3.8) is 0 Å². The Kier molecular flexibility index (Phi) is 5.32. The molecule has 0 saturated carbocycles. The second kappa shape index (κ2) is 8.02. The molecule has 2 aliphatic heterocycles. The number of carbonyl (C=O) groups is 1. The highest BCUT2D eigenvalue weighted by molar-refractivity contribution is 5.79. The third-order valence-electron chi connectivity index (χ3n) is 5.56. The molecule has 26 heavy (non-hydrogen) atoms. The van der Waals surface area contributed by atoms with Crippen LogP contribution in [0.3, 0.4) is 0 Å². The molecule has 4 heteroatoms. The highest BCUT2D eigenvalue weighted by atomic mass is 16.2. The van der Waals surface area contributed by atoms with Crippen molar-refractivity contribution in [2.24, 2.45) is 5.92 Å². The van der Waals surface area contributed by atoms with Gasteiger partial charge in [0.1, 0.15) is 0 Å². The lowest BCUT2D eigenvalue weighted by Crippen LogP contribution is -2.61. The summed E-state index contributed by atoms with van der Waals surface area (Å²) in [6.45, 7) is 3.73. The number of hydrogen-bond acceptors (Lipinski definition) is 3. The van der Waals surface area contributed by atoms with Crippen LogP contribution >= 0.6 is 0 Å². The molecular weight excluding hydrogens is 322 g/mol. The van der Waals surface area contributed by atoms with Gasteiger partial charge in [0.25, 0.3) is 0 Å². The smallest absolute Gasteiger partial charge is 0.223 e. The zero-order valence-electron chi connectivity index (χ0n) is 15.1. The van der Waals surface area contributed by atoms with Gasteiger partial charge in [0, 0.05) is 19.0 Å². The quantitative estimate of drug-likeness (QED) is 0.872. The monoisotopic (exact) mass is 349 g/mol. The van der Waals surface area contributed by atoms with Crippen LogP contribution in [0, 0.1) is 5.92 Å². The van der Waals surface area contributed by atoms with E-state index in [9.17, 15) is 4.79 Å². The summed E-state index contributed by atoms with van der Waals surface area (Å²) >= 11 is 0. The molecule has 0 spiro atoms. The third kappa shape index (κ3) is 3.81. The number of rotatable bonds is 5. The molecule has 1 amide bonds. The molecule has 2 fully saturated rings. The van der Waals surface area contributed by atoms with Crippen LogP contribution in [0.5, 0.6) is 0 Å². The first kappa shape index (κ1) is 17.3. The van der Waals surface area contributed by atoms with E-state index in [1.807, 2.05) is 0 Å². The van der Waals surface area contributed by atoms with Crippen LogP contribution in [0.4, 0.5) is 0 Å². The van der Waals surface area contributed by atoms with Crippen LogP contribution in [0.25, 0.3) is 0 Å². The summed E-state index contributed by atoms with van der Waals surface area (Å²) in [4.78, 5) is 14.9. The fourth-order valence-corrected chi connectivity index (χ4v) is 4.10. The van der Waals surface area contributed by atoms with E-state index >= 15 is 0 Å². The Morgan fingerprint density at radius 2 is 1.46 bits per heavy atom. The van der Waals surface area contributed by atoms with Crippen LogP contribution < -0.4 is 10.6 Å². The summed E-state index contributed by atoms with van der Waals surface area (Å²) in [5, 5.41) is 6.59. The SMILES string of the molecule is O=C(NC1CN(C(c2ccccc2)c2ccccc2)C1)C1CCNCC1. The van der Waals surface area contributed by atoms with Crippen LogP contribution in [-0.4, -0.2) is 43.0 Å². The average Bonchev–Trinajstić information content (AvgIpc) is 2.68. The maximum Gasteiger partial charge on any atom is 0.223 e. The molecule has 0 aromatic heterocycles. The number of benzene rings is 2. The molecule has 0 aliphatic carbocycles. The molecule has 2 aliphatic rings. The minimum absolute atomic E-state index is 0.185. The fraction of sp³-hybridized carbons (Fsp3) is 0.409. The molecule has 0 atom stereocenters. The lowest BCUT2D eigenvalue weighted by molar-refractivity contribution is -0.127. The summed E-state index contributed by atoms with van der Waals surface area (Å²) < 4.78 is 0. The van der Waals surface area contributed by atoms with Gasteiger partial charge >= 0.3 is 0 Å². The van der Waals surface area contributed by atoms with Crippen LogP contribution in [0.2, 0.25) is 0 Å². The Morgan fingerprint density at radius 1 is 0.923 bits per heavy atom. The van der Waals surface area contributed by atoms with Crippen molar-refractivity contribution in [2.75, 3.05) is 26.2 Å². The molecule has 2 saturated heterocycles. The molecule has 0 unspecified atom stereocenters. The maximum atomic E-state index is 12.5. The summed E-state index contributed by atoms with van der Waals surface area (Å²) in [6.07, 6.45) is 1.91. The predicted octanol–water partition coefficient (Wildman–Crippen LogP) is 2.58. The van der Waals surface area contributed by atoms with Crippen molar-refractivity contribution < 1.29 is 4.79 Å². The first-order valence-corrected chi connectivity index (χ1v) is 9.66. The summed E-state index contributed by atoms with van der Waals surface area (Å²) in [7, 11) is 0. The van der Waals surface area contributed by atoms with E-state index in [1.54, 1.807) is 0 Å². The third-order valence-corrected chi connectivity index (χ3v) is 5.56. The van der Waals surface area contributed by atoms with Gasteiger partial charge in [0.2, 0.25) is 5.91 Å². The largest absolute Gasteiger partial charge is 0.351 e. The van der Waals surface area contributed by atoms with Gasteiger partial charge in [-0.2, -0.15) is 0 Å². The van der Waals surface area contributed by atoms with Gasteiger partial charge in [0.05, 0.1) is 12.1 Å². The molecule has 136 valence electrons. The van der Waals surface area contributed by atoms with Gasteiger partial charge in [-0.1, -0.05) is 60.7 Å². The zero-order valence-corrected chi connectivity index (χ0v) is 15.1. The number of nitrogens with one attached hydrogen (secondary N) is 2. The Morgan fingerprint density at radius 3 is 2.00 bits per heavy atom. The second-order valence-corrected chi connectivity index (χ2v) is 7.41. The zero-order chi connectivity index (χ0) is 17.8. The van der Waals surface area contributed by atoms with Crippen molar-refractivity contribution >= 4 is 5.91 Å². The Bertz CT molecular complexity index is 667. The van der Waals surface area contributed by atoms with Crippen LogP contribution in [0.15, 0.2) is 60.7 Å². The number of amides is 1. The molecule has 2 N–H and O–H groups in total. The summed E-state index contributed by atoms with van der Waals surface area (Å²) in [6, 6.07) is 21.8. The molecule has 2 heterocycles. The molecule has 0 bridgehead atoms. The Balaban J connectivity index is 1.40. The standard InChI is InChI=1S/C22H27N3O/c26-22(19-11-13-23-14-12-19)24-20-15-25(16-20)21(17-7-3-1-4-8-17)18-9-5-2-6-10-18/h1-10,19-21,23H,11-16H2,(H,24,26). The van der Waals surface area contributed by atoms with Gasteiger partial charge < -0.3 is 10.6 Å². The highest BCUT2D eigenvalue weighted by Crippen LogP contribution is 2.32. The minimum Gasteiger partial charge on any atom is -0.351 e. The van der Waals surface area contributed by atoms with Gasteiger partial charge in [-0.3, -0.25) is 9.69 Å².